The van der Waals surface area contributed by atoms with Gasteiger partial charge in [0.05, 0.1) is 22.4 Å². The Morgan fingerprint density at radius 2 is 1.88 bits per heavy atom. The van der Waals surface area contributed by atoms with Crippen molar-refractivity contribution in [3.63, 3.8) is 0 Å². The maximum Gasteiger partial charge on any atom is 0.236 e. The maximum absolute atomic E-state index is 12.8. The summed E-state index contributed by atoms with van der Waals surface area (Å²) in [5.41, 5.74) is 3.65. The maximum atomic E-state index is 12.8. The molecule has 2 aliphatic rings. The lowest BCUT2D eigenvalue weighted by Gasteiger charge is -2.32. The third-order valence-corrected chi connectivity index (χ3v) is 7.15. The zero-order valence-corrected chi connectivity index (χ0v) is 18.7. The third kappa shape index (κ3) is 4.63. The summed E-state index contributed by atoms with van der Waals surface area (Å²) in [5, 5.41) is 12.3. The highest BCUT2D eigenvalue weighted by Gasteiger charge is 2.28. The van der Waals surface area contributed by atoms with E-state index in [2.05, 4.69) is 25.4 Å². The fraction of sp³-hybridized carbons (Fsp3) is 0.435. The summed E-state index contributed by atoms with van der Waals surface area (Å²) in [6.07, 6.45) is 5.55. The number of carbonyl (C=O) groups excluding carboxylic acids is 2. The Morgan fingerprint density at radius 3 is 2.62 bits per heavy atom. The number of aromatic nitrogens is 3. The average Bonchev–Trinajstić information content (AvgIpc) is 3.53. The number of amides is 2. The predicted octanol–water partition coefficient (Wildman–Crippen LogP) is 3.03. The van der Waals surface area contributed by atoms with Gasteiger partial charge in [-0.15, -0.1) is 21.5 Å². The standard InChI is InChI=1S/C23H26N6O2S/c30-22(14-28-7-1-2-8-28)29-9-5-16(6-10-29)23(31)25-21-12-18-11-17(20-13-24-15-32-20)3-4-19(18)26-27-21/h3-4,11-13,15-16H,1-2,5-10,14H2,(H,25,27,31). The van der Waals surface area contributed by atoms with Gasteiger partial charge >= 0.3 is 0 Å². The first-order valence-electron chi connectivity index (χ1n) is 11.1. The molecule has 0 atom stereocenters. The first kappa shape index (κ1) is 21.0. The topological polar surface area (TPSA) is 91.3 Å². The Bertz CT molecular complexity index is 1100. The molecule has 0 saturated carbocycles. The van der Waals surface area contributed by atoms with Gasteiger partial charge in [0.15, 0.2) is 5.82 Å². The molecule has 8 nitrogen and oxygen atoms in total. The van der Waals surface area contributed by atoms with Gasteiger partial charge in [0.25, 0.3) is 0 Å². The molecule has 3 aromatic rings. The van der Waals surface area contributed by atoms with Gasteiger partial charge in [-0.2, -0.15) is 0 Å². The van der Waals surface area contributed by atoms with Gasteiger partial charge in [-0.1, -0.05) is 6.07 Å². The lowest BCUT2D eigenvalue weighted by Crippen LogP contribution is -2.45. The van der Waals surface area contributed by atoms with Crippen LogP contribution in [-0.2, 0) is 9.59 Å². The van der Waals surface area contributed by atoms with E-state index in [1.165, 1.54) is 12.8 Å². The number of nitrogens with zero attached hydrogens (tertiary/aromatic N) is 5. The molecule has 2 aromatic heterocycles. The Balaban J connectivity index is 1.19. The molecule has 1 aromatic carbocycles. The first-order valence-corrected chi connectivity index (χ1v) is 12.0. The van der Waals surface area contributed by atoms with Gasteiger partial charge in [-0.05, 0) is 62.5 Å². The summed E-state index contributed by atoms with van der Waals surface area (Å²) < 4.78 is 0. The molecule has 2 aliphatic heterocycles. The number of nitrogens with one attached hydrogen (secondary N) is 1. The number of carbonyl (C=O) groups is 2. The van der Waals surface area contributed by atoms with Crippen molar-refractivity contribution < 1.29 is 9.59 Å². The van der Waals surface area contributed by atoms with E-state index in [0.29, 0.717) is 38.3 Å². The fourth-order valence-corrected chi connectivity index (χ4v) is 5.09. The van der Waals surface area contributed by atoms with Crippen LogP contribution in [-0.4, -0.2) is 69.5 Å². The summed E-state index contributed by atoms with van der Waals surface area (Å²) >= 11 is 1.58. The molecule has 0 radical (unpaired) electrons. The molecule has 0 aliphatic carbocycles. The van der Waals surface area contributed by atoms with E-state index in [9.17, 15) is 9.59 Å². The highest BCUT2D eigenvalue weighted by molar-refractivity contribution is 7.13. The highest BCUT2D eigenvalue weighted by atomic mass is 32.1. The number of fused-ring (bicyclic) bond motifs is 1. The summed E-state index contributed by atoms with van der Waals surface area (Å²) in [7, 11) is 0. The molecular weight excluding hydrogens is 424 g/mol. The number of hydrogen-bond donors (Lipinski definition) is 1. The number of rotatable bonds is 5. The second kappa shape index (κ2) is 9.30. The van der Waals surface area contributed by atoms with Gasteiger partial charge in [0.1, 0.15) is 0 Å². The molecule has 32 heavy (non-hydrogen) atoms. The van der Waals surface area contributed by atoms with Crippen LogP contribution in [0.15, 0.2) is 36.0 Å². The molecule has 0 bridgehead atoms. The highest BCUT2D eigenvalue weighted by Crippen LogP contribution is 2.27. The molecule has 2 saturated heterocycles. The molecule has 4 heterocycles. The summed E-state index contributed by atoms with van der Waals surface area (Å²) in [4.78, 5) is 34.7. The van der Waals surface area contributed by atoms with Gasteiger partial charge in [-0.25, -0.2) is 0 Å². The number of anilines is 1. The Kier molecular flexibility index (Phi) is 6.09. The van der Waals surface area contributed by atoms with Crippen LogP contribution in [0.1, 0.15) is 25.7 Å². The van der Waals surface area contributed by atoms with Crippen molar-refractivity contribution in [2.45, 2.75) is 25.7 Å². The normalized spacial score (nSPS) is 17.7. The van der Waals surface area contributed by atoms with Crippen LogP contribution in [0.2, 0.25) is 0 Å². The zero-order valence-electron chi connectivity index (χ0n) is 17.9. The average molecular weight is 451 g/mol. The monoisotopic (exact) mass is 450 g/mol. The molecule has 0 spiro atoms. The number of benzene rings is 1. The smallest absolute Gasteiger partial charge is 0.236 e. The number of thiazole rings is 1. The lowest BCUT2D eigenvalue weighted by atomic mass is 9.96. The minimum absolute atomic E-state index is 0.0519. The summed E-state index contributed by atoms with van der Waals surface area (Å²) in [6, 6.07) is 7.83. The van der Waals surface area contributed by atoms with E-state index >= 15 is 0 Å². The molecule has 0 unspecified atom stereocenters. The second-order valence-electron chi connectivity index (χ2n) is 8.50. The zero-order chi connectivity index (χ0) is 21.9. The first-order chi connectivity index (χ1) is 15.7. The van der Waals surface area contributed by atoms with Crippen molar-refractivity contribution >= 4 is 39.9 Å². The van der Waals surface area contributed by atoms with Gasteiger partial charge in [0.2, 0.25) is 11.8 Å². The second-order valence-corrected chi connectivity index (χ2v) is 9.38. The van der Waals surface area contributed by atoms with E-state index in [0.717, 1.165) is 34.4 Å². The predicted molar refractivity (Wildman–Crippen MR) is 124 cm³/mol. The van der Waals surface area contributed by atoms with Crippen LogP contribution in [0, 0.1) is 5.92 Å². The van der Waals surface area contributed by atoms with E-state index in [1.807, 2.05) is 35.4 Å². The molecular formula is C23H26N6O2S. The Morgan fingerprint density at radius 1 is 1.06 bits per heavy atom. The number of likely N-dealkylation sites (tertiary alicyclic amines) is 2. The van der Waals surface area contributed by atoms with Gasteiger partial charge in [0, 0.05) is 30.6 Å². The Labute approximate surface area is 190 Å². The SMILES string of the molecule is O=C(Nc1cc2cc(-c3cncs3)ccc2nn1)C1CCN(C(=O)CN2CCCC2)CC1. The van der Waals surface area contributed by atoms with Crippen LogP contribution in [0.25, 0.3) is 21.3 Å². The van der Waals surface area contributed by atoms with Crippen LogP contribution in [0.3, 0.4) is 0 Å². The fourth-order valence-electron chi connectivity index (χ4n) is 4.47. The lowest BCUT2D eigenvalue weighted by molar-refractivity contribution is -0.135. The van der Waals surface area contributed by atoms with Crippen molar-refractivity contribution in [3.05, 3.63) is 36.0 Å². The largest absolute Gasteiger partial charge is 0.342 e. The quantitative estimate of drug-likeness (QED) is 0.643. The van der Waals surface area contributed by atoms with E-state index in [-0.39, 0.29) is 17.7 Å². The summed E-state index contributed by atoms with van der Waals surface area (Å²) in [6.45, 7) is 3.80. The molecule has 1 N–H and O–H groups in total. The minimum atomic E-state index is -0.119. The van der Waals surface area contributed by atoms with Crippen LogP contribution < -0.4 is 5.32 Å². The van der Waals surface area contributed by atoms with Crippen molar-refractivity contribution in [1.29, 1.82) is 0 Å². The minimum Gasteiger partial charge on any atom is -0.342 e. The molecule has 2 amide bonds. The van der Waals surface area contributed by atoms with Crippen molar-refractivity contribution in [2.75, 3.05) is 38.0 Å². The van der Waals surface area contributed by atoms with Crippen molar-refractivity contribution in [1.82, 2.24) is 25.0 Å². The third-order valence-electron chi connectivity index (χ3n) is 6.33. The molecule has 2 fully saturated rings. The van der Waals surface area contributed by atoms with Gasteiger partial charge < -0.3 is 10.2 Å². The van der Waals surface area contributed by atoms with Crippen LogP contribution in [0.4, 0.5) is 5.82 Å². The van der Waals surface area contributed by atoms with E-state index in [4.69, 9.17) is 0 Å². The van der Waals surface area contributed by atoms with Crippen molar-refractivity contribution in [2.24, 2.45) is 5.92 Å². The van der Waals surface area contributed by atoms with Gasteiger partial charge in [-0.3, -0.25) is 19.5 Å². The number of piperidine rings is 1. The molecule has 5 rings (SSSR count). The van der Waals surface area contributed by atoms with E-state index in [1.54, 1.807) is 16.8 Å². The summed E-state index contributed by atoms with van der Waals surface area (Å²) in [5.74, 6) is 0.468. The van der Waals surface area contributed by atoms with E-state index < -0.39 is 0 Å². The molecule has 9 heteroatoms. The Hall–Kier alpha value is -2.91. The molecule has 166 valence electrons. The number of hydrogen-bond acceptors (Lipinski definition) is 7. The van der Waals surface area contributed by atoms with Crippen LogP contribution >= 0.6 is 11.3 Å². The van der Waals surface area contributed by atoms with Crippen molar-refractivity contribution in [3.8, 4) is 10.4 Å². The van der Waals surface area contributed by atoms with Crippen LogP contribution in [0.5, 0.6) is 0 Å².